The van der Waals surface area contributed by atoms with Crippen LogP contribution in [0.5, 0.6) is 0 Å². The number of carbonyl (C=O) groups excluding carboxylic acids is 12. The molecule has 0 radical (unpaired) electrons. The maximum Gasteiger partial charge on any atom is 0.326 e. The Bertz CT molecular complexity index is 2740. The average molecular weight is 1330 g/mol. The molecule has 0 heterocycles. The number of hydrogen-bond donors (Lipinski definition) is 23. The number of aliphatic imine (C=N–C) groups is 3. The van der Waals surface area contributed by atoms with Gasteiger partial charge in [-0.25, -0.2) is 4.79 Å². The lowest BCUT2D eigenvalue weighted by Crippen LogP contribution is -2.60. The first-order valence-electron chi connectivity index (χ1n) is 28.8. The first kappa shape index (κ1) is 82.3. The molecule has 0 fully saturated rings. The minimum Gasteiger partial charge on any atom is -0.481 e. The summed E-state index contributed by atoms with van der Waals surface area (Å²) in [5.74, 6) is -19.3. The van der Waals surface area contributed by atoms with Crippen molar-refractivity contribution in [3.8, 4) is 0 Å². The number of guanidine groups is 3. The maximum atomic E-state index is 14.4. The molecule has 0 aromatic heterocycles. The summed E-state index contributed by atoms with van der Waals surface area (Å²) in [6, 6.07) is -16.0. The minimum atomic E-state index is -1.78. The van der Waals surface area contributed by atoms with Gasteiger partial charge in [-0.15, -0.1) is 0 Å². The first-order valence-corrected chi connectivity index (χ1v) is 28.8. The summed E-state index contributed by atoms with van der Waals surface area (Å²) in [4.78, 5) is 216. The molecule has 0 aliphatic carbocycles. The maximum absolute atomic E-state index is 14.4. The molecule has 0 aliphatic heterocycles. The van der Waals surface area contributed by atoms with Crippen molar-refractivity contribution in [2.24, 2.45) is 66.6 Å². The lowest BCUT2D eigenvalue weighted by Gasteiger charge is -2.27. The standard InChI is InChI=1S/C51H88N22O20/c1-23(65-35(76)22-64-42(86)29(10-14-33(53)74)69-41(85)25(52)9-16-36(77)78)39(83)67-26(6-3-19-61-49(55)56)44(88)70-27(7-4-20-62-50(57)58)45(89)71-28(8-5-21-63-51(59)60)46(90)72-30(11-15-34(54)75)43(87)66-24(2)40(84)68-31(12-17-37(79)80)47(91)73-32(48(92)93)13-18-38(81)82/h23-32H,3-22,52H2,1-2H3,(H2,53,74)(H2,54,75)(H,64,86)(H,65,76)(H,66,87)(H,67,83)(H,68,84)(H,69,85)(H,70,88)(H,71,89)(H,72,90)(H,73,91)(H,77,78)(H,79,80)(H,81,82)(H,92,93)(H4,55,56,61)(H4,57,58,62)(H4,59,60,63)/t23-,24-,25-,26-,27-,28-,29-,30-,31-,32-/m0/s1. The van der Waals surface area contributed by atoms with Crippen LogP contribution in [0.2, 0.25) is 0 Å². The van der Waals surface area contributed by atoms with Crippen LogP contribution >= 0.6 is 0 Å². The van der Waals surface area contributed by atoms with Crippen molar-refractivity contribution in [2.75, 3.05) is 26.2 Å². The van der Waals surface area contributed by atoms with Gasteiger partial charge in [-0.1, -0.05) is 0 Å². The Kier molecular flexibility index (Phi) is 38.8. The normalized spacial score (nSPS) is 13.9. The summed E-state index contributed by atoms with van der Waals surface area (Å²) >= 11 is 0. The smallest absolute Gasteiger partial charge is 0.326 e. The number of amides is 12. The van der Waals surface area contributed by atoms with Gasteiger partial charge in [0.05, 0.1) is 12.6 Å². The van der Waals surface area contributed by atoms with Gasteiger partial charge in [-0.05, 0) is 84.5 Å². The van der Waals surface area contributed by atoms with E-state index in [2.05, 4.69) is 62.8 Å². The molecule has 93 heavy (non-hydrogen) atoms. The van der Waals surface area contributed by atoms with E-state index in [1.807, 2.05) is 5.32 Å². The van der Waals surface area contributed by atoms with Gasteiger partial charge < -0.3 is 125 Å². The first-order chi connectivity index (χ1) is 43.4. The Balaban J connectivity index is 6.94. The molecule has 0 bridgehead atoms. The lowest BCUT2D eigenvalue weighted by molar-refractivity contribution is -0.144. The number of nitrogens with zero attached hydrogens (tertiary/aromatic N) is 3. The zero-order chi connectivity index (χ0) is 71.1. The van der Waals surface area contributed by atoms with Gasteiger partial charge in [0.2, 0.25) is 70.9 Å². The Morgan fingerprint density at radius 1 is 0.333 bits per heavy atom. The second-order valence-corrected chi connectivity index (χ2v) is 20.8. The summed E-state index contributed by atoms with van der Waals surface area (Å²) < 4.78 is 0. The van der Waals surface area contributed by atoms with Gasteiger partial charge in [0.15, 0.2) is 17.9 Å². The topological polar surface area (TPSA) is 746 Å². The Labute approximate surface area is 531 Å². The number of carboxylic acids is 4. The van der Waals surface area contributed by atoms with Gasteiger partial charge in [0.1, 0.15) is 54.4 Å². The van der Waals surface area contributed by atoms with Gasteiger partial charge in [0, 0.05) is 51.7 Å². The van der Waals surface area contributed by atoms with Crippen molar-refractivity contribution in [3.05, 3.63) is 0 Å². The quantitative estimate of drug-likeness (QED) is 0.0153. The number of hydrogen-bond acceptors (Lipinski definition) is 20. The van der Waals surface area contributed by atoms with E-state index in [1.165, 1.54) is 6.92 Å². The van der Waals surface area contributed by atoms with Crippen LogP contribution in [0.4, 0.5) is 0 Å². The molecule has 42 nitrogen and oxygen atoms in total. The highest BCUT2D eigenvalue weighted by molar-refractivity contribution is 5.99. The van der Waals surface area contributed by atoms with Crippen molar-refractivity contribution in [1.29, 1.82) is 0 Å². The van der Waals surface area contributed by atoms with Crippen molar-refractivity contribution < 1.29 is 97.1 Å². The molecule has 0 saturated heterocycles. The SMILES string of the molecule is C[C@H](NC(=O)CNC(=O)[C@H](CCC(N)=O)NC(=O)[C@@H](N)CCC(=O)O)C(=O)N[C@@H](CCCN=C(N)N)C(=O)N[C@@H](CCCN=C(N)N)C(=O)N[C@@H](CCCN=C(N)N)C(=O)N[C@@H](CCC(N)=O)C(=O)N[C@@H](C)C(=O)N[C@@H](CCC(=O)O)C(=O)N[C@@H](CCC(=O)O)C(=O)O. The average Bonchev–Trinajstić information content (AvgIpc) is 1.06. The van der Waals surface area contributed by atoms with Crippen molar-refractivity contribution in [2.45, 2.75) is 177 Å². The molecule has 0 aromatic carbocycles. The molecule has 32 N–H and O–H groups in total. The van der Waals surface area contributed by atoms with Crippen LogP contribution < -0.4 is 105 Å². The molecule has 0 aliphatic rings. The number of nitrogens with two attached hydrogens (primary N) is 9. The number of rotatable bonds is 48. The van der Waals surface area contributed by atoms with Crippen LogP contribution in [0.3, 0.4) is 0 Å². The van der Waals surface area contributed by atoms with E-state index < -0.39 is 213 Å². The van der Waals surface area contributed by atoms with Crippen molar-refractivity contribution >= 4 is 113 Å². The second kappa shape index (κ2) is 43.9. The van der Waals surface area contributed by atoms with Gasteiger partial charge >= 0.3 is 23.9 Å². The van der Waals surface area contributed by atoms with Crippen LogP contribution in [0.1, 0.15) is 117 Å². The van der Waals surface area contributed by atoms with Crippen LogP contribution in [-0.2, 0) is 76.7 Å². The molecule has 10 atom stereocenters. The molecular weight excluding hydrogens is 1240 g/mol. The molecule has 42 heteroatoms. The summed E-state index contributed by atoms with van der Waals surface area (Å²) in [7, 11) is 0. The minimum absolute atomic E-state index is 0.00529. The van der Waals surface area contributed by atoms with E-state index >= 15 is 0 Å². The summed E-state index contributed by atoms with van der Waals surface area (Å²) in [6.45, 7) is 1.13. The van der Waals surface area contributed by atoms with E-state index in [4.69, 9.17) is 61.8 Å². The summed E-state index contributed by atoms with van der Waals surface area (Å²) in [5.41, 5.74) is 49.2. The Hall–Kier alpha value is -10.7. The highest BCUT2D eigenvalue weighted by Gasteiger charge is 2.35. The van der Waals surface area contributed by atoms with Crippen LogP contribution in [0.15, 0.2) is 15.0 Å². The molecular formula is C51H88N22O20. The fraction of sp³-hybridized carbons (Fsp3) is 0.627. The fourth-order valence-electron chi connectivity index (χ4n) is 7.89. The predicted octanol–water partition coefficient (Wildman–Crippen LogP) is -10.8. The number of carbonyl (C=O) groups is 16. The van der Waals surface area contributed by atoms with Crippen LogP contribution in [0.25, 0.3) is 0 Å². The molecule has 522 valence electrons. The van der Waals surface area contributed by atoms with E-state index in [1.54, 1.807) is 0 Å². The Morgan fingerprint density at radius 2 is 0.613 bits per heavy atom. The second-order valence-electron chi connectivity index (χ2n) is 20.8. The molecule has 0 saturated carbocycles. The summed E-state index contributed by atoms with van der Waals surface area (Å²) in [6.07, 6.45) is -6.20. The third-order valence-corrected chi connectivity index (χ3v) is 12.9. The molecule has 12 amide bonds. The van der Waals surface area contributed by atoms with E-state index in [-0.39, 0.29) is 88.9 Å². The number of nitrogens with one attached hydrogen (secondary N) is 10. The van der Waals surface area contributed by atoms with E-state index in [9.17, 15) is 86.9 Å². The molecule has 0 spiro atoms. The molecule has 0 unspecified atom stereocenters. The van der Waals surface area contributed by atoms with Gasteiger partial charge in [-0.3, -0.25) is 86.9 Å². The third kappa shape index (κ3) is 37.8. The van der Waals surface area contributed by atoms with E-state index in [0.717, 1.165) is 6.92 Å². The number of carboxylic acid groups (broad SMARTS) is 4. The number of aliphatic carboxylic acids is 4. The van der Waals surface area contributed by atoms with Gasteiger partial charge in [-0.2, -0.15) is 0 Å². The molecule has 0 aromatic rings. The third-order valence-electron chi connectivity index (χ3n) is 12.9. The fourth-order valence-corrected chi connectivity index (χ4v) is 7.89. The summed E-state index contributed by atoms with van der Waals surface area (Å²) in [5, 5.41) is 59.9. The predicted molar refractivity (Wildman–Crippen MR) is 325 cm³/mol. The van der Waals surface area contributed by atoms with Gasteiger partial charge in [0.25, 0.3) is 0 Å². The zero-order valence-electron chi connectivity index (χ0n) is 51.3. The van der Waals surface area contributed by atoms with Crippen LogP contribution in [-0.4, -0.2) is 220 Å². The largest absolute Gasteiger partial charge is 0.481 e. The zero-order valence-corrected chi connectivity index (χ0v) is 51.3. The lowest BCUT2D eigenvalue weighted by atomic mass is 10.0. The highest BCUT2D eigenvalue weighted by atomic mass is 16.4. The van der Waals surface area contributed by atoms with Crippen molar-refractivity contribution in [1.82, 2.24) is 53.2 Å². The Morgan fingerprint density at radius 3 is 0.957 bits per heavy atom. The molecule has 0 rings (SSSR count). The number of primary amides is 2. The monoisotopic (exact) mass is 1330 g/mol. The van der Waals surface area contributed by atoms with Crippen molar-refractivity contribution in [3.63, 3.8) is 0 Å². The van der Waals surface area contributed by atoms with E-state index in [0.29, 0.717) is 0 Å². The highest BCUT2D eigenvalue weighted by Crippen LogP contribution is 2.10. The van der Waals surface area contributed by atoms with Crippen LogP contribution in [0, 0.1) is 0 Å².